The highest BCUT2D eigenvalue weighted by molar-refractivity contribution is 7.16. The molecule has 7 heteroatoms. The Hall–Kier alpha value is -1.73. The van der Waals surface area contributed by atoms with E-state index in [1.54, 1.807) is 22.7 Å². The van der Waals surface area contributed by atoms with Crippen LogP contribution >= 0.6 is 22.7 Å². The molecule has 0 saturated heterocycles. The van der Waals surface area contributed by atoms with Crippen molar-refractivity contribution in [3.05, 3.63) is 28.0 Å². The molecule has 3 aromatic heterocycles. The zero-order valence-electron chi connectivity index (χ0n) is 10.3. The van der Waals surface area contributed by atoms with Crippen molar-refractivity contribution in [3.8, 4) is 0 Å². The highest BCUT2D eigenvalue weighted by Gasteiger charge is 2.11. The molecule has 1 atom stereocenters. The maximum absolute atomic E-state index is 5.72. The van der Waals surface area contributed by atoms with Gasteiger partial charge in [-0.2, -0.15) is 4.98 Å². The van der Waals surface area contributed by atoms with Crippen molar-refractivity contribution in [2.24, 2.45) is 0 Å². The van der Waals surface area contributed by atoms with Crippen LogP contribution in [0, 0.1) is 0 Å². The molecule has 0 saturated carbocycles. The average molecular weight is 291 g/mol. The Balaban J connectivity index is 1.80. The Morgan fingerprint density at radius 3 is 3.00 bits per heavy atom. The van der Waals surface area contributed by atoms with E-state index in [2.05, 4.69) is 27.2 Å². The predicted octanol–water partition coefficient (Wildman–Crippen LogP) is 2.95. The summed E-state index contributed by atoms with van der Waals surface area (Å²) < 4.78 is 0. The summed E-state index contributed by atoms with van der Waals surface area (Å²) in [6.07, 6.45) is 1.83. The summed E-state index contributed by atoms with van der Waals surface area (Å²) in [7, 11) is 0. The van der Waals surface area contributed by atoms with E-state index in [9.17, 15) is 0 Å². The fourth-order valence-electron chi connectivity index (χ4n) is 1.82. The van der Waals surface area contributed by atoms with Crippen LogP contribution in [0.25, 0.3) is 10.2 Å². The Morgan fingerprint density at radius 2 is 2.21 bits per heavy atom. The fraction of sp³-hybridized carbons (Fsp3) is 0.250. The van der Waals surface area contributed by atoms with E-state index in [-0.39, 0.29) is 0 Å². The topological polar surface area (TPSA) is 76.7 Å². The Bertz CT molecular complexity index is 677. The first-order valence-corrected chi connectivity index (χ1v) is 7.64. The summed E-state index contributed by atoms with van der Waals surface area (Å²) in [6.45, 7) is 2.91. The van der Waals surface area contributed by atoms with Crippen LogP contribution in [-0.2, 0) is 0 Å². The lowest BCUT2D eigenvalue weighted by Crippen LogP contribution is -2.11. The molecule has 3 aromatic rings. The highest BCUT2D eigenvalue weighted by atomic mass is 32.1. The molecule has 0 bridgehead atoms. The lowest BCUT2D eigenvalue weighted by Gasteiger charge is -2.11. The number of hydrogen-bond acceptors (Lipinski definition) is 7. The number of thiophene rings is 1. The molecule has 0 radical (unpaired) electrons. The third kappa shape index (κ3) is 2.52. The van der Waals surface area contributed by atoms with Crippen LogP contribution in [-0.4, -0.2) is 21.5 Å². The van der Waals surface area contributed by atoms with Gasteiger partial charge in [0.05, 0.1) is 10.4 Å². The number of nitrogens with two attached hydrogens (primary N) is 1. The van der Waals surface area contributed by atoms with Gasteiger partial charge in [-0.05, 0) is 11.4 Å². The van der Waals surface area contributed by atoms with Crippen molar-refractivity contribution in [2.45, 2.75) is 12.8 Å². The average Bonchev–Trinajstić information content (AvgIpc) is 3.05. The molecule has 5 nitrogen and oxygen atoms in total. The highest BCUT2D eigenvalue weighted by Crippen LogP contribution is 2.26. The van der Waals surface area contributed by atoms with Crippen molar-refractivity contribution >= 4 is 44.7 Å². The third-order valence-electron chi connectivity index (χ3n) is 2.79. The quantitative estimate of drug-likeness (QED) is 0.773. The molecule has 98 valence electrons. The van der Waals surface area contributed by atoms with E-state index in [0.29, 0.717) is 11.9 Å². The summed E-state index contributed by atoms with van der Waals surface area (Å²) in [4.78, 5) is 13.7. The van der Waals surface area contributed by atoms with Crippen LogP contribution in [0.1, 0.15) is 17.8 Å². The summed E-state index contributed by atoms with van der Waals surface area (Å²) >= 11 is 3.23. The number of nitrogens with zero attached hydrogens (tertiary/aromatic N) is 3. The second kappa shape index (κ2) is 5.10. The number of hydrogen-bond donors (Lipinski definition) is 2. The summed E-state index contributed by atoms with van der Waals surface area (Å²) in [5.41, 5.74) is 5.72. The van der Waals surface area contributed by atoms with Gasteiger partial charge in [0, 0.05) is 24.0 Å². The first-order chi connectivity index (χ1) is 9.24. The van der Waals surface area contributed by atoms with E-state index < -0.39 is 0 Å². The number of nitrogens with one attached hydrogen (secondary N) is 1. The second-order valence-corrected chi connectivity index (χ2v) is 6.04. The van der Waals surface area contributed by atoms with Gasteiger partial charge in [-0.3, -0.25) is 0 Å². The maximum atomic E-state index is 5.72. The molecule has 3 rings (SSSR count). The molecule has 3 heterocycles. The molecule has 0 aliphatic heterocycles. The van der Waals surface area contributed by atoms with Gasteiger partial charge in [0.1, 0.15) is 10.6 Å². The van der Waals surface area contributed by atoms with Crippen molar-refractivity contribution in [1.82, 2.24) is 15.0 Å². The maximum Gasteiger partial charge on any atom is 0.223 e. The van der Waals surface area contributed by atoms with Gasteiger partial charge < -0.3 is 11.1 Å². The lowest BCUT2D eigenvalue weighted by atomic mass is 10.2. The van der Waals surface area contributed by atoms with Crippen LogP contribution < -0.4 is 11.1 Å². The minimum absolute atomic E-state index is 0.305. The van der Waals surface area contributed by atoms with Gasteiger partial charge in [0.2, 0.25) is 5.95 Å². The van der Waals surface area contributed by atoms with E-state index in [1.165, 1.54) is 0 Å². The Labute approximate surface area is 118 Å². The third-order valence-corrected chi connectivity index (χ3v) is 4.60. The van der Waals surface area contributed by atoms with Gasteiger partial charge >= 0.3 is 0 Å². The van der Waals surface area contributed by atoms with Gasteiger partial charge in [-0.25, -0.2) is 9.97 Å². The minimum Gasteiger partial charge on any atom is -0.369 e. The second-order valence-electron chi connectivity index (χ2n) is 4.22. The first-order valence-electron chi connectivity index (χ1n) is 5.88. The zero-order valence-corrected chi connectivity index (χ0v) is 12.0. The van der Waals surface area contributed by atoms with Gasteiger partial charge in [-0.1, -0.05) is 6.92 Å². The van der Waals surface area contributed by atoms with E-state index in [4.69, 9.17) is 5.73 Å². The first kappa shape index (κ1) is 12.3. The van der Waals surface area contributed by atoms with E-state index in [1.807, 2.05) is 23.0 Å². The molecule has 0 aromatic carbocycles. The fourth-order valence-corrected chi connectivity index (χ4v) is 3.29. The molecule has 0 fully saturated rings. The summed E-state index contributed by atoms with van der Waals surface area (Å²) in [5.74, 6) is 1.44. The van der Waals surface area contributed by atoms with Crippen LogP contribution in [0.5, 0.6) is 0 Å². The molecule has 0 spiro atoms. The van der Waals surface area contributed by atoms with Crippen LogP contribution in [0.15, 0.2) is 23.0 Å². The Kier molecular flexibility index (Phi) is 3.31. The van der Waals surface area contributed by atoms with Gasteiger partial charge in [0.15, 0.2) is 0 Å². The van der Waals surface area contributed by atoms with Crippen LogP contribution in [0.4, 0.5) is 11.8 Å². The van der Waals surface area contributed by atoms with Crippen LogP contribution in [0.2, 0.25) is 0 Å². The molecule has 3 N–H and O–H groups in total. The molecule has 0 aliphatic carbocycles. The molecular formula is C12H13N5S2. The number of thiazole rings is 1. The van der Waals surface area contributed by atoms with E-state index in [0.717, 1.165) is 27.6 Å². The normalized spacial score (nSPS) is 12.7. The monoisotopic (exact) mass is 291 g/mol. The molecular weight excluding hydrogens is 278 g/mol. The number of nitrogen functional groups attached to an aromatic ring is 1. The van der Waals surface area contributed by atoms with Crippen molar-refractivity contribution in [2.75, 3.05) is 17.6 Å². The Morgan fingerprint density at radius 1 is 1.32 bits per heavy atom. The van der Waals surface area contributed by atoms with Gasteiger partial charge in [0.25, 0.3) is 0 Å². The molecule has 0 aliphatic rings. The van der Waals surface area contributed by atoms with Crippen molar-refractivity contribution in [3.63, 3.8) is 0 Å². The number of rotatable bonds is 4. The number of fused-ring (bicyclic) bond motifs is 1. The number of anilines is 2. The summed E-state index contributed by atoms with van der Waals surface area (Å²) in [5, 5.41) is 9.47. The lowest BCUT2D eigenvalue weighted by molar-refractivity contribution is 0.793. The number of aromatic nitrogens is 3. The molecule has 0 amide bonds. The largest absolute Gasteiger partial charge is 0.369 e. The van der Waals surface area contributed by atoms with E-state index >= 15 is 0 Å². The van der Waals surface area contributed by atoms with Crippen molar-refractivity contribution < 1.29 is 0 Å². The van der Waals surface area contributed by atoms with Gasteiger partial charge in [-0.15, -0.1) is 22.7 Å². The van der Waals surface area contributed by atoms with Crippen molar-refractivity contribution in [1.29, 1.82) is 0 Å². The SMILES string of the molecule is CC(CNc1nc(N)nc2sccc12)c1nccs1. The predicted molar refractivity (Wildman–Crippen MR) is 80.8 cm³/mol. The molecule has 19 heavy (non-hydrogen) atoms. The zero-order chi connectivity index (χ0) is 13.2. The smallest absolute Gasteiger partial charge is 0.223 e. The summed E-state index contributed by atoms with van der Waals surface area (Å²) in [6, 6.07) is 2.01. The molecule has 1 unspecified atom stereocenters. The minimum atomic E-state index is 0.305. The van der Waals surface area contributed by atoms with Crippen LogP contribution in [0.3, 0.4) is 0 Å². The standard InChI is InChI=1S/C12H13N5S2/c1-7(10-14-3-5-19-10)6-15-9-8-2-4-18-11(8)17-12(13)16-9/h2-5,7H,6H2,1H3,(H3,13,15,16,17).